The monoisotopic (exact) mass is 477 g/mol. The average Bonchev–Trinajstić information content (AvgIpc) is 3.32. The van der Waals surface area contributed by atoms with Crippen LogP contribution in [0.2, 0.25) is 10.0 Å². The van der Waals surface area contributed by atoms with Crippen LogP contribution in [0.5, 0.6) is 0 Å². The van der Waals surface area contributed by atoms with Crippen molar-refractivity contribution in [2.24, 2.45) is 0 Å². The van der Waals surface area contributed by atoms with E-state index in [9.17, 15) is 9.59 Å². The van der Waals surface area contributed by atoms with Gasteiger partial charge in [-0.25, -0.2) is 0 Å². The van der Waals surface area contributed by atoms with Gasteiger partial charge in [-0.1, -0.05) is 23.2 Å². The zero-order valence-corrected chi connectivity index (χ0v) is 19.4. The second kappa shape index (κ2) is 8.74. The van der Waals surface area contributed by atoms with Crippen molar-refractivity contribution in [2.45, 2.75) is 39.3 Å². The Labute approximate surface area is 195 Å². The summed E-state index contributed by atoms with van der Waals surface area (Å²) >= 11 is 17.3. The van der Waals surface area contributed by atoms with Crippen molar-refractivity contribution >= 4 is 64.1 Å². The molecule has 2 aliphatic rings. The molecule has 1 N–H and O–H groups in total. The summed E-state index contributed by atoms with van der Waals surface area (Å²) < 4.78 is 7.92. The summed E-state index contributed by atoms with van der Waals surface area (Å²) in [6.07, 6.45) is 3.90. The number of anilines is 1. The van der Waals surface area contributed by atoms with Gasteiger partial charge in [0.15, 0.2) is 5.11 Å². The minimum absolute atomic E-state index is 0.00274. The standard InChI is InChI=1S/C22H21Cl2N3O3S/c1-12-8-14(13(2)26(12)11-16-4-3-7-30-16)9-17-20(28)25-22(31)27(21(17)29)15-5-6-18(23)19(24)10-15/h5-6,8-10,16H,3-4,7,11H2,1-2H3,(H,25,28,31)/b17-9+/t16-/m0/s1. The molecule has 0 spiro atoms. The van der Waals surface area contributed by atoms with Crippen LogP contribution in [0.1, 0.15) is 29.8 Å². The number of carbonyl (C=O) groups is 2. The Bertz CT molecular complexity index is 1120. The average molecular weight is 478 g/mol. The fraction of sp³-hybridized carbons (Fsp3) is 0.318. The van der Waals surface area contributed by atoms with E-state index in [1.54, 1.807) is 18.2 Å². The molecule has 4 rings (SSSR count). The lowest BCUT2D eigenvalue weighted by molar-refractivity contribution is -0.122. The maximum Gasteiger partial charge on any atom is 0.270 e. The van der Waals surface area contributed by atoms with E-state index in [-0.39, 0.29) is 21.8 Å². The molecule has 9 heteroatoms. The molecule has 0 bridgehead atoms. The van der Waals surface area contributed by atoms with E-state index in [0.29, 0.717) is 10.7 Å². The third-order valence-corrected chi connectivity index (χ3v) is 6.61. The summed E-state index contributed by atoms with van der Waals surface area (Å²) in [6.45, 7) is 5.52. The fourth-order valence-electron chi connectivity index (χ4n) is 3.92. The number of nitrogens with zero attached hydrogens (tertiary/aromatic N) is 2. The van der Waals surface area contributed by atoms with Crippen LogP contribution in [0.25, 0.3) is 6.08 Å². The Hall–Kier alpha value is -2.19. The highest BCUT2D eigenvalue weighted by atomic mass is 35.5. The van der Waals surface area contributed by atoms with Gasteiger partial charge in [-0.15, -0.1) is 0 Å². The van der Waals surface area contributed by atoms with Gasteiger partial charge in [-0.3, -0.25) is 19.8 Å². The number of carbonyl (C=O) groups excluding carboxylic acids is 2. The first-order valence-electron chi connectivity index (χ1n) is 9.91. The fourth-order valence-corrected chi connectivity index (χ4v) is 4.49. The predicted molar refractivity (Wildman–Crippen MR) is 126 cm³/mol. The number of thiocarbonyl (C=S) groups is 1. The molecule has 1 aromatic carbocycles. The number of halogens is 2. The maximum absolute atomic E-state index is 13.2. The second-order valence-electron chi connectivity index (χ2n) is 7.63. The summed E-state index contributed by atoms with van der Waals surface area (Å²) in [5.74, 6) is -1.05. The van der Waals surface area contributed by atoms with Crippen molar-refractivity contribution in [1.29, 1.82) is 0 Å². The van der Waals surface area contributed by atoms with Crippen LogP contribution < -0.4 is 10.2 Å². The van der Waals surface area contributed by atoms with Crippen LogP contribution in [0.15, 0.2) is 29.8 Å². The van der Waals surface area contributed by atoms with Gasteiger partial charge in [-0.05, 0) is 74.8 Å². The molecule has 0 aliphatic carbocycles. The van der Waals surface area contributed by atoms with Crippen molar-refractivity contribution in [1.82, 2.24) is 9.88 Å². The molecule has 2 aliphatic heterocycles. The zero-order chi connectivity index (χ0) is 22.3. The van der Waals surface area contributed by atoms with Crippen LogP contribution in [0.4, 0.5) is 5.69 Å². The summed E-state index contributed by atoms with van der Waals surface area (Å²) in [7, 11) is 0. The van der Waals surface area contributed by atoms with Gasteiger partial charge in [0.25, 0.3) is 11.8 Å². The molecule has 31 heavy (non-hydrogen) atoms. The van der Waals surface area contributed by atoms with Crippen molar-refractivity contribution < 1.29 is 14.3 Å². The lowest BCUT2D eigenvalue weighted by atomic mass is 10.1. The number of hydrogen-bond acceptors (Lipinski definition) is 4. The third-order valence-electron chi connectivity index (χ3n) is 5.59. The van der Waals surface area contributed by atoms with Crippen LogP contribution in [-0.2, 0) is 20.9 Å². The maximum atomic E-state index is 13.2. The number of amides is 2. The first-order chi connectivity index (χ1) is 14.8. The topological polar surface area (TPSA) is 63.6 Å². The van der Waals surface area contributed by atoms with Crippen LogP contribution in [0, 0.1) is 13.8 Å². The molecule has 0 saturated carbocycles. The molecular formula is C22H21Cl2N3O3S. The number of nitrogens with one attached hydrogen (secondary N) is 1. The summed E-state index contributed by atoms with van der Waals surface area (Å²) in [6, 6.07) is 6.71. The van der Waals surface area contributed by atoms with Gasteiger partial charge in [0.1, 0.15) is 5.57 Å². The molecule has 2 amide bonds. The van der Waals surface area contributed by atoms with Crippen LogP contribution >= 0.6 is 35.4 Å². The summed E-state index contributed by atoms with van der Waals surface area (Å²) in [5.41, 5.74) is 3.24. The summed E-state index contributed by atoms with van der Waals surface area (Å²) in [5, 5.41) is 3.23. The number of hydrogen-bond donors (Lipinski definition) is 1. The number of benzene rings is 1. The van der Waals surface area contributed by atoms with Crippen LogP contribution in [-0.4, -0.2) is 34.2 Å². The van der Waals surface area contributed by atoms with E-state index in [1.165, 1.54) is 11.0 Å². The van der Waals surface area contributed by atoms with Crippen molar-refractivity contribution in [3.8, 4) is 0 Å². The first-order valence-corrected chi connectivity index (χ1v) is 11.1. The molecule has 2 saturated heterocycles. The Balaban J connectivity index is 1.68. The highest BCUT2D eigenvalue weighted by Gasteiger charge is 2.35. The molecular weight excluding hydrogens is 457 g/mol. The minimum atomic E-state index is -0.532. The largest absolute Gasteiger partial charge is 0.376 e. The Morgan fingerprint density at radius 2 is 2.00 bits per heavy atom. The van der Waals surface area contributed by atoms with E-state index in [1.807, 2.05) is 19.9 Å². The van der Waals surface area contributed by atoms with E-state index < -0.39 is 11.8 Å². The lowest BCUT2D eigenvalue weighted by Gasteiger charge is -2.29. The highest BCUT2D eigenvalue weighted by molar-refractivity contribution is 7.80. The zero-order valence-electron chi connectivity index (χ0n) is 17.1. The van der Waals surface area contributed by atoms with Gasteiger partial charge in [0.2, 0.25) is 0 Å². The number of rotatable bonds is 4. The number of aryl methyl sites for hydroxylation is 1. The van der Waals surface area contributed by atoms with Gasteiger partial charge in [0, 0.05) is 24.5 Å². The SMILES string of the molecule is Cc1cc(/C=C2\C(=O)NC(=S)N(c3ccc(Cl)c(Cl)c3)C2=O)c(C)n1C[C@@H]1CCCO1. The molecule has 0 unspecified atom stereocenters. The highest BCUT2D eigenvalue weighted by Crippen LogP contribution is 2.30. The Kier molecular flexibility index (Phi) is 6.21. The Morgan fingerprint density at radius 3 is 2.68 bits per heavy atom. The Morgan fingerprint density at radius 1 is 1.23 bits per heavy atom. The molecule has 2 aromatic rings. The first kappa shape index (κ1) is 22.0. The molecule has 2 fully saturated rings. The molecule has 1 atom stereocenters. The number of ether oxygens (including phenoxy) is 1. The van der Waals surface area contributed by atoms with Gasteiger partial charge in [0.05, 0.1) is 21.8 Å². The lowest BCUT2D eigenvalue weighted by Crippen LogP contribution is -2.54. The van der Waals surface area contributed by atoms with E-state index in [0.717, 1.165) is 42.9 Å². The predicted octanol–water partition coefficient (Wildman–Crippen LogP) is 4.42. The summed E-state index contributed by atoms with van der Waals surface area (Å²) in [4.78, 5) is 27.1. The van der Waals surface area contributed by atoms with E-state index >= 15 is 0 Å². The van der Waals surface area contributed by atoms with Gasteiger partial charge >= 0.3 is 0 Å². The van der Waals surface area contributed by atoms with Crippen molar-refractivity contribution in [2.75, 3.05) is 11.5 Å². The van der Waals surface area contributed by atoms with Crippen LogP contribution in [0.3, 0.4) is 0 Å². The second-order valence-corrected chi connectivity index (χ2v) is 8.83. The smallest absolute Gasteiger partial charge is 0.270 e. The normalized spacial score (nSPS) is 20.6. The molecule has 162 valence electrons. The van der Waals surface area contributed by atoms with Crippen molar-refractivity contribution in [3.63, 3.8) is 0 Å². The van der Waals surface area contributed by atoms with E-state index in [2.05, 4.69) is 9.88 Å². The quantitative estimate of drug-likeness (QED) is 0.402. The molecule has 3 heterocycles. The number of aromatic nitrogens is 1. The van der Waals surface area contributed by atoms with Crippen molar-refractivity contribution in [3.05, 3.63) is 56.8 Å². The van der Waals surface area contributed by atoms with Gasteiger partial charge < -0.3 is 9.30 Å². The third kappa shape index (κ3) is 4.28. The van der Waals surface area contributed by atoms with Gasteiger partial charge in [-0.2, -0.15) is 0 Å². The minimum Gasteiger partial charge on any atom is -0.376 e. The molecule has 1 aromatic heterocycles. The molecule has 0 radical (unpaired) electrons. The van der Waals surface area contributed by atoms with E-state index in [4.69, 9.17) is 40.2 Å². The molecule has 6 nitrogen and oxygen atoms in total.